The number of aromatic nitrogens is 4. The van der Waals surface area contributed by atoms with Crippen LogP contribution in [0.2, 0.25) is 0 Å². The van der Waals surface area contributed by atoms with Gasteiger partial charge in [-0.1, -0.05) is 5.16 Å². The number of carboxylic acids is 1. The van der Waals surface area contributed by atoms with Crippen molar-refractivity contribution in [2.24, 2.45) is 12.2 Å². The third kappa shape index (κ3) is 4.54. The number of aryl methyl sites for hydroxylation is 1. The lowest BCUT2D eigenvalue weighted by molar-refractivity contribution is -0.689. The molecule has 0 aliphatic carbocycles. The number of β-lactam (4-membered cyclic amide) rings is 1. The average molecular weight is 504 g/mol. The molecule has 4 N–H and O–H groups in total. The highest BCUT2D eigenvalue weighted by molar-refractivity contribution is 8.01. The van der Waals surface area contributed by atoms with Gasteiger partial charge >= 0.3 is 5.97 Å². The maximum atomic E-state index is 13.2. The zero-order valence-electron chi connectivity index (χ0n) is 18.8. The molecule has 4 heterocycles. The Balaban J connectivity index is 1.86. The number of hydrogen-bond donors (Lipinski definition) is 3. The van der Waals surface area contributed by atoms with Crippen LogP contribution >= 0.6 is 11.8 Å². The van der Waals surface area contributed by atoms with Crippen LogP contribution in [0.15, 0.2) is 41.0 Å². The van der Waals surface area contributed by atoms with Gasteiger partial charge < -0.3 is 20.8 Å². The van der Waals surface area contributed by atoms with Crippen molar-refractivity contribution < 1.29 is 34.0 Å². The minimum Gasteiger partial charge on any atom is -0.477 e. The number of pyridine rings is 1. The van der Waals surface area contributed by atoms with Crippen molar-refractivity contribution in [2.75, 3.05) is 17.7 Å². The van der Waals surface area contributed by atoms with Crippen LogP contribution in [0.4, 0.5) is 11.9 Å². The van der Waals surface area contributed by atoms with Crippen LogP contribution in [-0.2, 0) is 39.4 Å². The number of aliphatic carboxylic acids is 1. The SMILES string of the molecule is CON=CC(=O)N(c1nc(N)n(C)n1)C1S[C@H]2CC(=O)N2C(C(=O)O)=C1C[n+]1ccc(CO)cc1. The number of thioether (sulfide) groups is 1. The summed E-state index contributed by atoms with van der Waals surface area (Å²) < 4.78 is 2.96. The van der Waals surface area contributed by atoms with Gasteiger partial charge in [0.2, 0.25) is 11.9 Å². The van der Waals surface area contributed by atoms with Gasteiger partial charge in [-0.3, -0.25) is 19.4 Å². The van der Waals surface area contributed by atoms with Gasteiger partial charge in [-0.25, -0.2) is 14.0 Å². The van der Waals surface area contributed by atoms with E-state index in [1.165, 1.54) is 33.4 Å². The topological polar surface area (TPSA) is 180 Å². The van der Waals surface area contributed by atoms with Crippen LogP contribution in [0.25, 0.3) is 0 Å². The average Bonchev–Trinajstić information content (AvgIpc) is 3.16. The first-order valence-electron chi connectivity index (χ1n) is 10.3. The van der Waals surface area contributed by atoms with Crippen molar-refractivity contribution in [1.82, 2.24) is 19.7 Å². The van der Waals surface area contributed by atoms with Gasteiger partial charge in [0.05, 0.1) is 24.0 Å². The van der Waals surface area contributed by atoms with Gasteiger partial charge in [0.15, 0.2) is 18.9 Å². The number of fused-ring (bicyclic) bond motifs is 1. The molecule has 0 aromatic carbocycles. The molecule has 2 aromatic heterocycles. The molecule has 0 saturated carbocycles. The number of nitrogen functional groups attached to an aromatic ring is 1. The number of carboxylic acid groups (broad SMARTS) is 1. The van der Waals surface area contributed by atoms with Crippen LogP contribution in [-0.4, -0.2) is 71.7 Å². The third-order valence-corrected chi connectivity index (χ3v) is 6.92. The number of amides is 2. The van der Waals surface area contributed by atoms with E-state index in [0.29, 0.717) is 5.56 Å². The summed E-state index contributed by atoms with van der Waals surface area (Å²) in [7, 11) is 2.83. The van der Waals surface area contributed by atoms with E-state index in [1.807, 2.05) is 0 Å². The van der Waals surface area contributed by atoms with Crippen molar-refractivity contribution in [1.29, 1.82) is 0 Å². The molecular weight excluding hydrogens is 480 g/mol. The highest BCUT2D eigenvalue weighted by Crippen LogP contribution is 2.46. The second kappa shape index (κ2) is 9.71. The summed E-state index contributed by atoms with van der Waals surface area (Å²) >= 11 is 1.22. The molecule has 2 aliphatic rings. The van der Waals surface area contributed by atoms with E-state index in [1.54, 1.807) is 36.1 Å². The van der Waals surface area contributed by atoms with Crippen LogP contribution in [0, 0.1) is 0 Å². The summed E-state index contributed by atoms with van der Waals surface area (Å²) in [6.07, 6.45) is 4.38. The van der Waals surface area contributed by atoms with Gasteiger partial charge in [-0.15, -0.1) is 16.9 Å². The monoisotopic (exact) mass is 503 g/mol. The molecule has 1 fully saturated rings. The standard InChI is InChI=1S/C20H22N8O6S/c1-25-19(21)23-20(24-25)28(14(31)8-22-34-2)17-12(9-26-5-3-11(10-29)4-6-26)16(18(32)33)27-13(30)7-15(27)35-17/h3-6,8,15,17,29H,7,9-10H2,1-2H3,(H2-,21,23,24,32,33)/p+1/t15-,17?/m0/s1. The Hall–Kier alpha value is -3.98. The quantitative estimate of drug-likeness (QED) is 0.172. The predicted octanol–water partition coefficient (Wildman–Crippen LogP) is -1.19. The number of nitrogens with two attached hydrogens (primary N) is 1. The van der Waals surface area contributed by atoms with Gasteiger partial charge in [0.25, 0.3) is 11.9 Å². The number of hydrogen-bond acceptors (Lipinski definition) is 10. The summed E-state index contributed by atoms with van der Waals surface area (Å²) in [5, 5.41) is 25.8. The molecule has 184 valence electrons. The van der Waals surface area contributed by atoms with Crippen molar-refractivity contribution in [3.05, 3.63) is 41.4 Å². The number of oxime groups is 1. The van der Waals surface area contributed by atoms with Crippen LogP contribution in [0.1, 0.15) is 12.0 Å². The summed E-state index contributed by atoms with van der Waals surface area (Å²) in [6.45, 7) is -0.130. The minimum absolute atomic E-state index is 0.0228. The number of aliphatic hydroxyl groups excluding tert-OH is 1. The van der Waals surface area contributed by atoms with Crippen molar-refractivity contribution in [3.8, 4) is 0 Å². The molecule has 1 saturated heterocycles. The maximum absolute atomic E-state index is 13.2. The second-order valence-electron chi connectivity index (χ2n) is 7.65. The van der Waals surface area contributed by atoms with Crippen LogP contribution in [0.5, 0.6) is 0 Å². The fraction of sp³-hybridized carbons (Fsp3) is 0.350. The van der Waals surface area contributed by atoms with E-state index in [-0.39, 0.29) is 48.6 Å². The molecule has 14 nitrogen and oxygen atoms in total. The normalized spacial score (nSPS) is 19.5. The summed E-state index contributed by atoms with van der Waals surface area (Å²) in [4.78, 5) is 49.2. The number of nitrogens with zero attached hydrogens (tertiary/aromatic N) is 7. The van der Waals surface area contributed by atoms with Gasteiger partial charge in [-0.2, -0.15) is 4.98 Å². The van der Waals surface area contributed by atoms with Crippen LogP contribution < -0.4 is 15.2 Å². The van der Waals surface area contributed by atoms with E-state index >= 15 is 0 Å². The molecule has 2 aliphatic heterocycles. The Morgan fingerprint density at radius 1 is 1.43 bits per heavy atom. The Morgan fingerprint density at radius 3 is 2.69 bits per heavy atom. The summed E-state index contributed by atoms with van der Waals surface area (Å²) in [5.41, 5.74) is 6.57. The Kier molecular flexibility index (Phi) is 6.70. The minimum atomic E-state index is -1.30. The summed E-state index contributed by atoms with van der Waals surface area (Å²) in [6, 6.07) is 3.36. The van der Waals surface area contributed by atoms with Crippen molar-refractivity contribution >= 4 is 47.7 Å². The number of aliphatic hydroxyl groups is 1. The molecule has 15 heteroatoms. The van der Waals surface area contributed by atoms with Gasteiger partial charge in [0.1, 0.15) is 24.4 Å². The molecule has 1 unspecified atom stereocenters. The number of carbonyl (C=O) groups excluding carboxylic acids is 2. The Morgan fingerprint density at radius 2 is 2.14 bits per heavy atom. The van der Waals surface area contributed by atoms with Crippen LogP contribution in [0.3, 0.4) is 0 Å². The smallest absolute Gasteiger partial charge is 0.352 e. The highest BCUT2D eigenvalue weighted by Gasteiger charge is 2.52. The molecule has 0 radical (unpaired) electrons. The molecule has 2 aromatic rings. The zero-order valence-corrected chi connectivity index (χ0v) is 19.6. The lowest BCUT2D eigenvalue weighted by Gasteiger charge is -2.47. The van der Waals surface area contributed by atoms with E-state index in [2.05, 4.69) is 20.1 Å². The third-order valence-electron chi connectivity index (χ3n) is 5.47. The largest absolute Gasteiger partial charge is 0.477 e. The Labute approximate surface area is 203 Å². The van der Waals surface area contributed by atoms with Crippen molar-refractivity contribution in [3.63, 3.8) is 0 Å². The molecule has 0 bridgehead atoms. The first kappa shape index (κ1) is 24.2. The maximum Gasteiger partial charge on any atom is 0.352 e. The van der Waals surface area contributed by atoms with E-state index in [9.17, 15) is 24.6 Å². The first-order valence-corrected chi connectivity index (χ1v) is 11.3. The molecule has 0 spiro atoms. The lowest BCUT2D eigenvalue weighted by Crippen LogP contribution is -2.59. The van der Waals surface area contributed by atoms with E-state index in [0.717, 1.165) is 6.21 Å². The molecule has 35 heavy (non-hydrogen) atoms. The number of carbonyl (C=O) groups is 3. The van der Waals surface area contributed by atoms with Gasteiger partial charge in [-0.05, 0) is 5.56 Å². The Bertz CT molecular complexity index is 1210. The molecule has 2 atom stereocenters. The van der Waals surface area contributed by atoms with E-state index < -0.39 is 22.6 Å². The number of anilines is 2. The fourth-order valence-corrected chi connectivity index (χ4v) is 5.29. The predicted molar refractivity (Wildman–Crippen MR) is 122 cm³/mol. The first-order chi connectivity index (χ1) is 16.7. The molecule has 4 rings (SSSR count). The lowest BCUT2D eigenvalue weighted by atomic mass is 10.1. The van der Waals surface area contributed by atoms with Gasteiger partial charge in [0, 0.05) is 19.2 Å². The fourth-order valence-electron chi connectivity index (χ4n) is 3.74. The zero-order chi connectivity index (χ0) is 25.3. The second-order valence-corrected chi connectivity index (χ2v) is 8.91. The van der Waals surface area contributed by atoms with E-state index in [4.69, 9.17) is 5.73 Å². The molecule has 2 amide bonds. The molecular formula is C20H23N8O6S+. The summed E-state index contributed by atoms with van der Waals surface area (Å²) in [5.74, 6) is -2.31. The number of rotatable bonds is 8. The highest BCUT2D eigenvalue weighted by atomic mass is 32.2. The van der Waals surface area contributed by atoms with Crippen molar-refractivity contribution in [2.45, 2.75) is 30.3 Å².